The van der Waals surface area contributed by atoms with Crippen molar-refractivity contribution in [2.45, 2.75) is 53.4 Å². The normalized spacial score (nSPS) is 20.9. The van der Waals surface area contributed by atoms with Crippen LogP contribution in [0.5, 0.6) is 5.75 Å². The zero-order chi connectivity index (χ0) is 18.1. The summed E-state index contributed by atoms with van der Waals surface area (Å²) in [5.74, 6) is 0.939. The molecule has 2 aromatic rings. The van der Waals surface area contributed by atoms with Crippen molar-refractivity contribution in [2.75, 3.05) is 19.7 Å². The summed E-state index contributed by atoms with van der Waals surface area (Å²) in [5.41, 5.74) is 2.89. The molecule has 1 aliphatic rings. The van der Waals surface area contributed by atoms with Crippen LogP contribution >= 0.6 is 0 Å². The average Bonchev–Trinajstić information content (AvgIpc) is 2.85. The minimum Gasteiger partial charge on any atom is -0.494 e. The lowest BCUT2D eigenvalue weighted by Gasteiger charge is -2.35. The minimum absolute atomic E-state index is 0.0667. The third-order valence-corrected chi connectivity index (χ3v) is 4.82. The molecule has 0 radical (unpaired) electrons. The van der Waals surface area contributed by atoms with E-state index >= 15 is 0 Å². The number of fused-ring (bicyclic) bond motifs is 1. The number of hydrogen-bond donors (Lipinski definition) is 0. The highest BCUT2D eigenvalue weighted by Crippen LogP contribution is 2.30. The maximum absolute atomic E-state index is 13.3. The molecule has 25 heavy (non-hydrogen) atoms. The van der Waals surface area contributed by atoms with Crippen LogP contribution in [-0.4, -0.2) is 47.3 Å². The van der Waals surface area contributed by atoms with Crippen LogP contribution in [0, 0.1) is 6.92 Å². The molecule has 2 unspecified atom stereocenters. The van der Waals surface area contributed by atoms with Gasteiger partial charge in [0.25, 0.3) is 5.91 Å². The van der Waals surface area contributed by atoms with E-state index in [0.717, 1.165) is 34.5 Å². The summed E-state index contributed by atoms with van der Waals surface area (Å²) in [7, 11) is 0. The van der Waals surface area contributed by atoms with Crippen LogP contribution in [0.2, 0.25) is 0 Å². The zero-order valence-electron chi connectivity index (χ0n) is 15.8. The molecule has 0 saturated carbocycles. The Morgan fingerprint density at radius 2 is 1.92 bits per heavy atom. The number of aryl methyl sites for hydroxylation is 2. The van der Waals surface area contributed by atoms with Crippen LogP contribution in [0.15, 0.2) is 18.2 Å². The summed E-state index contributed by atoms with van der Waals surface area (Å²) in [4.78, 5) is 15.2. The Morgan fingerprint density at radius 3 is 2.52 bits per heavy atom. The lowest BCUT2D eigenvalue weighted by atomic mass is 10.1. The van der Waals surface area contributed by atoms with Gasteiger partial charge in [-0.15, -0.1) is 0 Å². The standard InChI is InChI=1S/C20H28N2O3/c1-6-22-18-9-8-16(24-7-2)10-17(18)15(5)19(22)20(23)21-11-13(3)25-14(4)12-21/h8-10,13-14H,6-7,11-12H2,1-5H3. The number of ether oxygens (including phenoxy) is 2. The molecule has 3 rings (SSSR count). The fourth-order valence-corrected chi connectivity index (χ4v) is 3.86. The number of benzene rings is 1. The Morgan fingerprint density at radius 1 is 1.24 bits per heavy atom. The topological polar surface area (TPSA) is 43.7 Å². The van der Waals surface area contributed by atoms with Crippen molar-refractivity contribution in [3.8, 4) is 5.75 Å². The van der Waals surface area contributed by atoms with Gasteiger partial charge in [0, 0.05) is 30.5 Å². The van der Waals surface area contributed by atoms with E-state index in [9.17, 15) is 4.79 Å². The quantitative estimate of drug-likeness (QED) is 0.851. The van der Waals surface area contributed by atoms with Gasteiger partial charge in [-0.05, 0) is 58.4 Å². The smallest absolute Gasteiger partial charge is 0.270 e. The van der Waals surface area contributed by atoms with E-state index < -0.39 is 0 Å². The van der Waals surface area contributed by atoms with Crippen molar-refractivity contribution >= 4 is 16.8 Å². The average molecular weight is 344 g/mol. The third kappa shape index (κ3) is 3.25. The molecule has 1 aliphatic heterocycles. The Labute approximate surface area is 149 Å². The van der Waals surface area contributed by atoms with Gasteiger partial charge in [-0.2, -0.15) is 0 Å². The number of rotatable bonds is 4. The highest BCUT2D eigenvalue weighted by molar-refractivity contribution is 6.02. The summed E-state index contributed by atoms with van der Waals surface area (Å²) in [6.07, 6.45) is 0.133. The van der Waals surface area contributed by atoms with Gasteiger partial charge < -0.3 is 18.9 Å². The number of morpholine rings is 1. The summed E-state index contributed by atoms with van der Waals surface area (Å²) < 4.78 is 13.5. The first-order valence-electron chi connectivity index (χ1n) is 9.16. The van der Waals surface area contributed by atoms with Gasteiger partial charge in [0.2, 0.25) is 0 Å². The Balaban J connectivity index is 2.05. The number of carbonyl (C=O) groups excluding carboxylic acids is 1. The minimum atomic E-state index is 0.0667. The first-order chi connectivity index (χ1) is 12.0. The molecule has 0 spiro atoms. The van der Waals surface area contributed by atoms with Gasteiger partial charge in [-0.25, -0.2) is 0 Å². The fourth-order valence-electron chi connectivity index (χ4n) is 3.86. The molecule has 1 fully saturated rings. The van der Waals surface area contributed by atoms with E-state index in [-0.39, 0.29) is 18.1 Å². The maximum Gasteiger partial charge on any atom is 0.270 e. The fraction of sp³-hybridized carbons (Fsp3) is 0.550. The van der Waals surface area contributed by atoms with E-state index in [0.29, 0.717) is 19.7 Å². The van der Waals surface area contributed by atoms with Gasteiger partial charge in [0.15, 0.2) is 0 Å². The summed E-state index contributed by atoms with van der Waals surface area (Å²) in [5, 5.41) is 1.09. The molecule has 0 N–H and O–H groups in total. The predicted octanol–water partition coefficient (Wildman–Crippen LogP) is 3.62. The van der Waals surface area contributed by atoms with E-state index in [2.05, 4.69) is 17.6 Å². The van der Waals surface area contributed by atoms with E-state index in [1.807, 2.05) is 44.7 Å². The molecule has 2 heterocycles. The molecular formula is C20H28N2O3. The zero-order valence-corrected chi connectivity index (χ0v) is 15.8. The van der Waals surface area contributed by atoms with Crippen LogP contribution in [0.3, 0.4) is 0 Å². The summed E-state index contributed by atoms with van der Waals surface area (Å²) in [6.45, 7) is 12.8. The van der Waals surface area contributed by atoms with Gasteiger partial charge >= 0.3 is 0 Å². The first-order valence-corrected chi connectivity index (χ1v) is 9.16. The molecule has 5 heteroatoms. The monoisotopic (exact) mass is 344 g/mol. The van der Waals surface area contributed by atoms with Crippen LogP contribution in [0.25, 0.3) is 10.9 Å². The maximum atomic E-state index is 13.3. The van der Waals surface area contributed by atoms with Crippen molar-refractivity contribution in [3.05, 3.63) is 29.5 Å². The molecule has 5 nitrogen and oxygen atoms in total. The summed E-state index contributed by atoms with van der Waals surface area (Å²) in [6, 6.07) is 6.07. The SMILES string of the molecule is CCOc1ccc2c(c1)c(C)c(C(=O)N1CC(C)OC(C)C1)n2CC. The molecule has 1 saturated heterocycles. The number of hydrogen-bond acceptors (Lipinski definition) is 3. The lowest BCUT2D eigenvalue weighted by molar-refractivity contribution is -0.0588. The van der Waals surface area contributed by atoms with Crippen LogP contribution in [0.4, 0.5) is 0 Å². The second-order valence-corrected chi connectivity index (χ2v) is 6.80. The second kappa shape index (κ2) is 7.08. The Bertz CT molecular complexity index is 771. The number of amides is 1. The van der Waals surface area contributed by atoms with Gasteiger partial charge in [0.05, 0.1) is 18.8 Å². The highest BCUT2D eigenvalue weighted by atomic mass is 16.5. The molecule has 0 aliphatic carbocycles. The van der Waals surface area contributed by atoms with Crippen molar-refractivity contribution in [2.24, 2.45) is 0 Å². The largest absolute Gasteiger partial charge is 0.494 e. The molecule has 1 aromatic carbocycles. The lowest BCUT2D eigenvalue weighted by Crippen LogP contribution is -2.48. The van der Waals surface area contributed by atoms with E-state index in [1.165, 1.54) is 0 Å². The van der Waals surface area contributed by atoms with Gasteiger partial charge in [0.1, 0.15) is 11.4 Å². The predicted molar refractivity (Wildman–Crippen MR) is 99.4 cm³/mol. The first kappa shape index (κ1) is 17.8. The van der Waals surface area contributed by atoms with E-state index in [4.69, 9.17) is 9.47 Å². The van der Waals surface area contributed by atoms with Crippen LogP contribution in [0.1, 0.15) is 43.7 Å². The van der Waals surface area contributed by atoms with Crippen molar-refractivity contribution in [1.29, 1.82) is 0 Å². The number of nitrogens with zero attached hydrogens (tertiary/aromatic N) is 2. The molecule has 1 amide bonds. The second-order valence-electron chi connectivity index (χ2n) is 6.80. The molecule has 1 aromatic heterocycles. The van der Waals surface area contributed by atoms with Crippen molar-refractivity contribution in [3.63, 3.8) is 0 Å². The Kier molecular flexibility index (Phi) is 5.04. The molecular weight excluding hydrogens is 316 g/mol. The van der Waals surface area contributed by atoms with E-state index in [1.54, 1.807) is 0 Å². The van der Waals surface area contributed by atoms with Crippen molar-refractivity contribution < 1.29 is 14.3 Å². The third-order valence-electron chi connectivity index (χ3n) is 4.82. The molecule has 2 atom stereocenters. The molecule has 136 valence electrons. The van der Waals surface area contributed by atoms with Gasteiger partial charge in [-0.1, -0.05) is 0 Å². The van der Waals surface area contributed by atoms with Crippen molar-refractivity contribution in [1.82, 2.24) is 9.47 Å². The van der Waals surface area contributed by atoms with Crippen LogP contribution < -0.4 is 4.74 Å². The van der Waals surface area contributed by atoms with Crippen LogP contribution in [-0.2, 0) is 11.3 Å². The number of aromatic nitrogens is 1. The van der Waals surface area contributed by atoms with Gasteiger partial charge in [-0.3, -0.25) is 4.79 Å². The highest BCUT2D eigenvalue weighted by Gasteiger charge is 2.30. The number of carbonyl (C=O) groups is 1. The molecule has 0 bridgehead atoms. The Hall–Kier alpha value is -2.01. The summed E-state index contributed by atoms with van der Waals surface area (Å²) >= 11 is 0.